The monoisotopic (exact) mass is 306 g/mol. The zero-order valence-electron chi connectivity index (χ0n) is 12.5. The van der Waals surface area contributed by atoms with Gasteiger partial charge in [-0.2, -0.15) is 0 Å². The van der Waals surface area contributed by atoms with Gasteiger partial charge in [-0.1, -0.05) is 18.2 Å². The van der Waals surface area contributed by atoms with Crippen molar-refractivity contribution in [1.82, 2.24) is 9.97 Å². The van der Waals surface area contributed by atoms with Crippen molar-refractivity contribution in [3.63, 3.8) is 0 Å². The number of hydrogen-bond donors (Lipinski definition) is 1. The van der Waals surface area contributed by atoms with Gasteiger partial charge in [0.25, 0.3) is 0 Å². The summed E-state index contributed by atoms with van der Waals surface area (Å²) in [6.45, 7) is 1.60. The summed E-state index contributed by atoms with van der Waals surface area (Å²) in [5, 5.41) is 3.38. The molecular weight excluding hydrogens is 291 g/mol. The van der Waals surface area contributed by atoms with Crippen LogP contribution in [-0.4, -0.2) is 23.1 Å². The largest absolute Gasteiger partial charge is 0.365 e. The van der Waals surface area contributed by atoms with Crippen molar-refractivity contribution in [2.45, 2.75) is 12.5 Å². The standard InChI is InChI=1S/C18H15FN4/c19-12-6-5-11-7-8-23-16(13(11)9-12)10-20-17-18(23)22-15-4-2-1-3-14(15)21-17/h1-6,9,16H,7-8,10H2,(H,20,21). The summed E-state index contributed by atoms with van der Waals surface area (Å²) in [4.78, 5) is 11.8. The van der Waals surface area contributed by atoms with Crippen molar-refractivity contribution < 1.29 is 4.39 Å². The van der Waals surface area contributed by atoms with Crippen molar-refractivity contribution in [2.24, 2.45) is 0 Å². The summed E-state index contributed by atoms with van der Waals surface area (Å²) < 4.78 is 13.7. The van der Waals surface area contributed by atoms with Crippen LogP contribution in [-0.2, 0) is 6.42 Å². The molecule has 3 heterocycles. The zero-order chi connectivity index (χ0) is 15.4. The first-order chi connectivity index (χ1) is 11.3. The van der Waals surface area contributed by atoms with Gasteiger partial charge in [-0.05, 0) is 41.8 Å². The van der Waals surface area contributed by atoms with Crippen molar-refractivity contribution in [3.05, 3.63) is 59.4 Å². The van der Waals surface area contributed by atoms with Gasteiger partial charge in [-0.25, -0.2) is 14.4 Å². The van der Waals surface area contributed by atoms with Crippen LogP contribution in [0, 0.1) is 5.82 Å². The Kier molecular flexibility index (Phi) is 2.59. The third-order valence-electron chi connectivity index (χ3n) is 4.75. The maximum Gasteiger partial charge on any atom is 0.172 e. The Morgan fingerprint density at radius 1 is 1.09 bits per heavy atom. The van der Waals surface area contributed by atoms with Gasteiger partial charge in [0.1, 0.15) is 5.82 Å². The zero-order valence-corrected chi connectivity index (χ0v) is 12.5. The Morgan fingerprint density at radius 2 is 1.91 bits per heavy atom. The van der Waals surface area contributed by atoms with Gasteiger partial charge in [0.2, 0.25) is 0 Å². The second-order valence-corrected chi connectivity index (χ2v) is 6.07. The van der Waals surface area contributed by atoms with Gasteiger partial charge in [-0.3, -0.25) is 0 Å². The molecule has 0 amide bonds. The van der Waals surface area contributed by atoms with Gasteiger partial charge in [0.15, 0.2) is 11.6 Å². The highest BCUT2D eigenvalue weighted by molar-refractivity contribution is 5.81. The van der Waals surface area contributed by atoms with Gasteiger partial charge >= 0.3 is 0 Å². The van der Waals surface area contributed by atoms with E-state index in [0.29, 0.717) is 0 Å². The average molecular weight is 306 g/mol. The van der Waals surface area contributed by atoms with E-state index >= 15 is 0 Å². The molecule has 2 aliphatic rings. The minimum atomic E-state index is -0.180. The van der Waals surface area contributed by atoms with Crippen LogP contribution < -0.4 is 10.2 Å². The average Bonchev–Trinajstić information content (AvgIpc) is 2.59. The number of nitrogens with zero attached hydrogens (tertiary/aromatic N) is 3. The van der Waals surface area contributed by atoms with E-state index in [1.807, 2.05) is 30.3 Å². The lowest BCUT2D eigenvalue weighted by atomic mass is 9.91. The molecule has 1 atom stereocenters. The topological polar surface area (TPSA) is 41.1 Å². The van der Waals surface area contributed by atoms with Crippen molar-refractivity contribution in [2.75, 3.05) is 23.3 Å². The SMILES string of the molecule is Fc1ccc2c(c1)C1CNc3nc4ccccc4nc3N1CC2. The first-order valence-corrected chi connectivity index (χ1v) is 7.85. The van der Waals surface area contributed by atoms with Crippen molar-refractivity contribution in [1.29, 1.82) is 0 Å². The fourth-order valence-corrected chi connectivity index (χ4v) is 3.64. The quantitative estimate of drug-likeness (QED) is 0.692. The van der Waals surface area contributed by atoms with Crippen LogP contribution >= 0.6 is 0 Å². The highest BCUT2D eigenvalue weighted by Crippen LogP contribution is 2.40. The number of hydrogen-bond acceptors (Lipinski definition) is 4. The lowest BCUT2D eigenvalue weighted by Crippen LogP contribution is -2.43. The van der Waals surface area contributed by atoms with E-state index < -0.39 is 0 Å². The minimum absolute atomic E-state index is 0.109. The molecule has 0 aliphatic carbocycles. The molecule has 2 aromatic carbocycles. The van der Waals surface area contributed by atoms with Crippen LogP contribution in [0.2, 0.25) is 0 Å². The fourth-order valence-electron chi connectivity index (χ4n) is 3.64. The first kappa shape index (κ1) is 12.8. The molecular formula is C18H15FN4. The molecule has 0 spiro atoms. The van der Waals surface area contributed by atoms with E-state index in [4.69, 9.17) is 9.97 Å². The van der Waals surface area contributed by atoms with E-state index in [1.54, 1.807) is 12.1 Å². The highest BCUT2D eigenvalue weighted by Gasteiger charge is 2.34. The summed E-state index contributed by atoms with van der Waals surface area (Å²) in [5.41, 5.74) is 4.07. The summed E-state index contributed by atoms with van der Waals surface area (Å²) in [6.07, 6.45) is 0.903. The van der Waals surface area contributed by atoms with E-state index in [0.717, 1.165) is 47.7 Å². The fraction of sp³-hybridized carbons (Fsp3) is 0.222. The summed E-state index contributed by atoms with van der Waals surface area (Å²) >= 11 is 0. The molecule has 23 heavy (non-hydrogen) atoms. The number of aromatic nitrogens is 2. The summed E-state index contributed by atoms with van der Waals surface area (Å²) in [7, 11) is 0. The maximum absolute atomic E-state index is 13.7. The number of rotatable bonds is 0. The molecule has 1 N–H and O–H groups in total. The maximum atomic E-state index is 13.7. The second kappa shape index (κ2) is 4.65. The molecule has 0 radical (unpaired) electrons. The van der Waals surface area contributed by atoms with Crippen LogP contribution in [0.25, 0.3) is 11.0 Å². The molecule has 0 bridgehead atoms. The third kappa shape index (κ3) is 1.89. The molecule has 1 unspecified atom stereocenters. The molecule has 0 saturated heterocycles. The number of benzene rings is 2. The summed E-state index contributed by atoms with van der Waals surface area (Å²) in [5.74, 6) is 1.51. The van der Waals surface area contributed by atoms with Crippen molar-refractivity contribution >= 4 is 22.7 Å². The molecule has 0 fully saturated rings. The van der Waals surface area contributed by atoms with Crippen LogP contribution in [0.3, 0.4) is 0 Å². The van der Waals surface area contributed by atoms with E-state index in [2.05, 4.69) is 10.2 Å². The van der Waals surface area contributed by atoms with Crippen LogP contribution in [0.4, 0.5) is 16.0 Å². The predicted octanol–water partition coefficient (Wildman–Crippen LogP) is 3.30. The molecule has 1 aromatic heterocycles. The molecule has 114 valence electrons. The molecule has 5 rings (SSSR count). The lowest BCUT2D eigenvalue weighted by Gasteiger charge is -2.42. The van der Waals surface area contributed by atoms with Gasteiger partial charge in [0, 0.05) is 13.1 Å². The van der Waals surface area contributed by atoms with Crippen LogP contribution in [0.5, 0.6) is 0 Å². The number of fused-ring (bicyclic) bond motifs is 6. The number of anilines is 2. The Balaban J connectivity index is 1.66. The normalized spacial score (nSPS) is 18.8. The smallest absolute Gasteiger partial charge is 0.172 e. The molecule has 0 saturated carbocycles. The minimum Gasteiger partial charge on any atom is -0.365 e. The summed E-state index contributed by atoms with van der Waals surface area (Å²) in [6, 6.07) is 13.1. The number of para-hydroxylation sites is 2. The third-order valence-corrected chi connectivity index (χ3v) is 4.75. The van der Waals surface area contributed by atoms with Gasteiger partial charge in [-0.15, -0.1) is 0 Å². The Hall–Kier alpha value is -2.69. The number of halogens is 1. The van der Waals surface area contributed by atoms with Crippen LogP contribution in [0.1, 0.15) is 17.2 Å². The van der Waals surface area contributed by atoms with Crippen molar-refractivity contribution in [3.8, 4) is 0 Å². The Morgan fingerprint density at radius 3 is 2.78 bits per heavy atom. The lowest BCUT2D eigenvalue weighted by molar-refractivity contribution is 0.567. The molecule has 4 nitrogen and oxygen atoms in total. The van der Waals surface area contributed by atoms with E-state index in [1.165, 1.54) is 5.56 Å². The number of nitrogens with one attached hydrogen (secondary N) is 1. The van der Waals surface area contributed by atoms with Crippen LogP contribution in [0.15, 0.2) is 42.5 Å². The first-order valence-electron chi connectivity index (χ1n) is 7.85. The molecule has 3 aromatic rings. The molecule has 5 heteroatoms. The predicted molar refractivity (Wildman–Crippen MR) is 88.2 cm³/mol. The Bertz CT molecular complexity index is 924. The molecule has 2 aliphatic heterocycles. The van der Waals surface area contributed by atoms with Gasteiger partial charge < -0.3 is 10.2 Å². The van der Waals surface area contributed by atoms with Gasteiger partial charge in [0.05, 0.1) is 17.1 Å². The Labute approximate surface area is 133 Å². The van der Waals surface area contributed by atoms with E-state index in [-0.39, 0.29) is 11.9 Å². The second-order valence-electron chi connectivity index (χ2n) is 6.07. The van der Waals surface area contributed by atoms with E-state index in [9.17, 15) is 4.39 Å². The highest BCUT2D eigenvalue weighted by atomic mass is 19.1.